The van der Waals surface area contributed by atoms with Gasteiger partial charge in [-0.05, 0) is 49.4 Å². The quantitative estimate of drug-likeness (QED) is 0.858. The molecule has 1 aromatic carbocycles. The van der Waals surface area contributed by atoms with Gasteiger partial charge in [-0.1, -0.05) is 28.1 Å². The summed E-state index contributed by atoms with van der Waals surface area (Å²) < 4.78 is 6.49. The highest BCUT2D eigenvalue weighted by Gasteiger charge is 2.30. The molecule has 3 nitrogen and oxygen atoms in total. The van der Waals surface area contributed by atoms with Crippen molar-refractivity contribution in [3.63, 3.8) is 0 Å². The van der Waals surface area contributed by atoms with Crippen LogP contribution < -0.4 is 10.1 Å². The van der Waals surface area contributed by atoms with Crippen LogP contribution in [-0.4, -0.2) is 17.6 Å². The number of hydrogen-bond donors (Lipinski definition) is 1. The number of hydrogen-bond acceptors (Lipinski definition) is 3. The Hall–Kier alpha value is -1.55. The second kappa shape index (κ2) is 6.48. The lowest BCUT2D eigenvalue weighted by molar-refractivity contribution is 0.327. The summed E-state index contributed by atoms with van der Waals surface area (Å²) in [5.74, 6) is 1.36. The fraction of sp³-hybridized carbons (Fsp3) is 0.353. The van der Waals surface area contributed by atoms with E-state index in [0.717, 1.165) is 10.2 Å². The molecule has 2 aromatic rings. The lowest BCUT2D eigenvalue weighted by Gasteiger charge is -2.36. The second-order valence-electron chi connectivity index (χ2n) is 5.38. The van der Waals surface area contributed by atoms with Crippen molar-refractivity contribution < 1.29 is 4.74 Å². The van der Waals surface area contributed by atoms with Crippen LogP contribution in [0.4, 0.5) is 5.69 Å². The van der Waals surface area contributed by atoms with E-state index < -0.39 is 0 Å². The van der Waals surface area contributed by atoms with Crippen molar-refractivity contribution in [3.8, 4) is 5.88 Å². The molecule has 0 saturated heterocycles. The van der Waals surface area contributed by atoms with Gasteiger partial charge in [0.1, 0.15) is 0 Å². The fourth-order valence-corrected chi connectivity index (χ4v) is 2.94. The maximum absolute atomic E-state index is 5.35. The lowest BCUT2D eigenvalue weighted by Crippen LogP contribution is -2.34. The molecular formula is C17H19BrN2O. The molecule has 1 N–H and O–H groups in total. The molecule has 0 atom stereocenters. The Labute approximate surface area is 133 Å². The molecule has 1 aromatic heterocycles. The van der Waals surface area contributed by atoms with Crippen molar-refractivity contribution in [2.24, 2.45) is 0 Å². The third kappa shape index (κ3) is 3.56. The number of nitrogens with one attached hydrogen (secondary N) is 1. The van der Waals surface area contributed by atoms with Gasteiger partial charge in [-0.25, -0.2) is 4.98 Å². The van der Waals surface area contributed by atoms with Crippen LogP contribution in [0, 0.1) is 0 Å². The Morgan fingerprint density at radius 1 is 1.19 bits per heavy atom. The van der Waals surface area contributed by atoms with Crippen LogP contribution in [0.25, 0.3) is 0 Å². The van der Waals surface area contributed by atoms with Gasteiger partial charge in [0.25, 0.3) is 0 Å². The third-order valence-corrected chi connectivity index (χ3v) is 4.41. The van der Waals surface area contributed by atoms with Crippen LogP contribution in [0.2, 0.25) is 0 Å². The minimum absolute atomic E-state index is 0.540. The molecule has 21 heavy (non-hydrogen) atoms. The molecule has 1 saturated carbocycles. The Morgan fingerprint density at radius 2 is 1.95 bits per heavy atom. The van der Waals surface area contributed by atoms with E-state index in [-0.39, 0.29) is 0 Å². The van der Waals surface area contributed by atoms with Gasteiger partial charge < -0.3 is 10.1 Å². The van der Waals surface area contributed by atoms with Gasteiger partial charge in [-0.3, -0.25) is 0 Å². The zero-order chi connectivity index (χ0) is 14.7. The van der Waals surface area contributed by atoms with Gasteiger partial charge >= 0.3 is 0 Å². The average molecular weight is 347 g/mol. The number of benzene rings is 1. The van der Waals surface area contributed by atoms with E-state index >= 15 is 0 Å². The highest BCUT2D eigenvalue weighted by molar-refractivity contribution is 9.10. The fourth-order valence-electron chi connectivity index (χ4n) is 2.68. The van der Waals surface area contributed by atoms with Gasteiger partial charge in [0.05, 0.1) is 18.5 Å². The van der Waals surface area contributed by atoms with Crippen LogP contribution >= 0.6 is 15.9 Å². The summed E-state index contributed by atoms with van der Waals surface area (Å²) in [5.41, 5.74) is 2.50. The molecule has 4 heteroatoms. The maximum Gasteiger partial charge on any atom is 0.213 e. The first-order chi connectivity index (χ1) is 10.2. The number of ether oxygens (including phenoxy) is 1. The lowest BCUT2D eigenvalue weighted by atomic mass is 9.76. The van der Waals surface area contributed by atoms with Gasteiger partial charge in [-0.2, -0.15) is 0 Å². The predicted octanol–water partition coefficient (Wildman–Crippen LogP) is 4.60. The Kier molecular flexibility index (Phi) is 4.44. The largest absolute Gasteiger partial charge is 0.478 e. The Balaban J connectivity index is 1.51. The highest BCUT2D eigenvalue weighted by atomic mass is 79.9. The van der Waals surface area contributed by atoms with E-state index in [1.54, 1.807) is 0 Å². The molecule has 110 valence electrons. The summed E-state index contributed by atoms with van der Waals surface area (Å²) in [6.07, 6.45) is 4.20. The molecule has 0 aliphatic heterocycles. The van der Waals surface area contributed by atoms with Crippen molar-refractivity contribution in [3.05, 3.63) is 52.6 Å². The summed E-state index contributed by atoms with van der Waals surface area (Å²) in [6.45, 7) is 2.61. The normalized spacial score (nSPS) is 20.7. The van der Waals surface area contributed by atoms with E-state index in [1.165, 1.54) is 18.4 Å². The molecule has 1 aliphatic carbocycles. The number of pyridine rings is 1. The summed E-state index contributed by atoms with van der Waals surface area (Å²) in [5, 5.41) is 3.53. The van der Waals surface area contributed by atoms with Crippen molar-refractivity contribution in [2.45, 2.75) is 31.7 Å². The van der Waals surface area contributed by atoms with Crippen LogP contribution in [0.5, 0.6) is 5.88 Å². The molecule has 1 heterocycles. The molecule has 0 radical (unpaired) electrons. The monoisotopic (exact) mass is 346 g/mol. The van der Waals surface area contributed by atoms with E-state index in [4.69, 9.17) is 4.74 Å². The Morgan fingerprint density at radius 3 is 2.57 bits per heavy atom. The third-order valence-electron chi connectivity index (χ3n) is 3.88. The molecule has 0 bridgehead atoms. The van der Waals surface area contributed by atoms with Gasteiger partial charge in [-0.15, -0.1) is 0 Å². The average Bonchev–Trinajstić information content (AvgIpc) is 2.46. The topological polar surface area (TPSA) is 34.1 Å². The minimum atomic E-state index is 0.540. The van der Waals surface area contributed by atoms with Crippen molar-refractivity contribution in [1.29, 1.82) is 0 Å². The molecule has 3 rings (SSSR count). The second-order valence-corrected chi connectivity index (χ2v) is 6.29. The zero-order valence-corrected chi connectivity index (χ0v) is 13.6. The molecule has 1 fully saturated rings. The molecule has 0 amide bonds. The first-order valence-corrected chi connectivity index (χ1v) is 8.14. The van der Waals surface area contributed by atoms with Gasteiger partial charge in [0.15, 0.2) is 0 Å². The smallest absolute Gasteiger partial charge is 0.213 e. The minimum Gasteiger partial charge on any atom is -0.478 e. The van der Waals surface area contributed by atoms with Crippen LogP contribution in [0.15, 0.2) is 47.1 Å². The molecular weight excluding hydrogens is 328 g/mol. The van der Waals surface area contributed by atoms with E-state index in [2.05, 4.69) is 50.5 Å². The SMILES string of the molecule is CCOc1ccc(NC2CC(c3ccc(Br)cc3)C2)cn1. The standard InChI is InChI=1S/C17H19BrN2O/c1-2-21-17-8-7-15(11-19-17)20-16-9-13(10-16)12-3-5-14(18)6-4-12/h3-8,11,13,16,20H,2,9-10H2,1H3. The maximum atomic E-state index is 5.35. The zero-order valence-electron chi connectivity index (χ0n) is 12.1. The summed E-state index contributed by atoms with van der Waals surface area (Å²) in [4.78, 5) is 4.28. The van der Waals surface area contributed by atoms with Crippen molar-refractivity contribution >= 4 is 21.6 Å². The van der Waals surface area contributed by atoms with E-state index in [1.807, 2.05) is 25.3 Å². The first-order valence-electron chi connectivity index (χ1n) is 7.35. The van der Waals surface area contributed by atoms with E-state index in [9.17, 15) is 0 Å². The van der Waals surface area contributed by atoms with Gasteiger partial charge in [0, 0.05) is 16.6 Å². The highest BCUT2D eigenvalue weighted by Crippen LogP contribution is 2.38. The molecule has 1 aliphatic rings. The van der Waals surface area contributed by atoms with Crippen LogP contribution in [0.3, 0.4) is 0 Å². The number of rotatable bonds is 5. The first kappa shape index (κ1) is 14.4. The predicted molar refractivity (Wildman–Crippen MR) is 88.9 cm³/mol. The van der Waals surface area contributed by atoms with E-state index in [0.29, 0.717) is 24.4 Å². The number of aromatic nitrogens is 1. The van der Waals surface area contributed by atoms with Crippen molar-refractivity contribution in [1.82, 2.24) is 4.98 Å². The van der Waals surface area contributed by atoms with Crippen molar-refractivity contribution in [2.75, 3.05) is 11.9 Å². The number of anilines is 1. The van der Waals surface area contributed by atoms with Crippen LogP contribution in [-0.2, 0) is 0 Å². The summed E-state index contributed by atoms with van der Waals surface area (Å²) in [6, 6.07) is 13.1. The molecule has 0 spiro atoms. The molecule has 0 unspecified atom stereocenters. The van der Waals surface area contributed by atoms with Gasteiger partial charge in [0.2, 0.25) is 5.88 Å². The Bertz CT molecular complexity index is 577. The number of nitrogens with zero attached hydrogens (tertiary/aromatic N) is 1. The van der Waals surface area contributed by atoms with Crippen LogP contribution in [0.1, 0.15) is 31.2 Å². The number of halogens is 1. The summed E-state index contributed by atoms with van der Waals surface area (Å²) in [7, 11) is 0. The summed E-state index contributed by atoms with van der Waals surface area (Å²) >= 11 is 3.48.